The van der Waals surface area contributed by atoms with E-state index in [1.54, 1.807) is 6.92 Å². The summed E-state index contributed by atoms with van der Waals surface area (Å²) in [6.45, 7) is 4.36. The second kappa shape index (κ2) is 6.33. The molecule has 0 unspecified atom stereocenters. The van der Waals surface area contributed by atoms with Gasteiger partial charge in [0.1, 0.15) is 4.88 Å². The molecule has 0 bridgehead atoms. The normalized spacial score (nSPS) is 11.4. The van der Waals surface area contributed by atoms with Gasteiger partial charge in [-0.15, -0.1) is 0 Å². The first-order valence-electron chi connectivity index (χ1n) is 5.97. The molecular weight excluding hydrogens is 286 g/mol. The van der Waals surface area contributed by atoms with Crippen molar-refractivity contribution in [2.75, 3.05) is 24.2 Å². The molecule has 0 aliphatic carbocycles. The third kappa shape index (κ3) is 4.17. The van der Waals surface area contributed by atoms with Crippen LogP contribution < -0.4 is 9.62 Å². The summed E-state index contributed by atoms with van der Waals surface area (Å²) in [7, 11) is -1.93. The average molecular weight is 305 g/mol. The molecule has 108 valence electrons. The fourth-order valence-electron chi connectivity index (χ4n) is 1.33. The second-order valence-corrected chi connectivity index (χ2v) is 7.24. The van der Waals surface area contributed by atoms with E-state index in [4.69, 9.17) is 0 Å². The Hall–Kier alpha value is -1.15. The molecule has 1 aromatic heterocycles. The van der Waals surface area contributed by atoms with E-state index in [0.717, 1.165) is 34.7 Å². The van der Waals surface area contributed by atoms with Crippen LogP contribution in [0.3, 0.4) is 0 Å². The van der Waals surface area contributed by atoms with Crippen LogP contribution in [0.4, 0.5) is 5.13 Å². The summed E-state index contributed by atoms with van der Waals surface area (Å²) < 4.78 is 23.9. The Morgan fingerprint density at radius 2 is 2.11 bits per heavy atom. The molecule has 19 heavy (non-hydrogen) atoms. The molecule has 0 aromatic carbocycles. The van der Waals surface area contributed by atoms with Crippen LogP contribution in [0, 0.1) is 6.92 Å². The van der Waals surface area contributed by atoms with Gasteiger partial charge >= 0.3 is 0 Å². The number of thiazole rings is 1. The molecule has 1 amide bonds. The number of aryl methyl sites for hydroxylation is 1. The fraction of sp³-hybridized carbons (Fsp3) is 0.636. The predicted octanol–water partition coefficient (Wildman–Crippen LogP) is 1.38. The van der Waals surface area contributed by atoms with Gasteiger partial charge in [-0.1, -0.05) is 24.7 Å². The van der Waals surface area contributed by atoms with E-state index < -0.39 is 10.0 Å². The molecule has 0 spiro atoms. The third-order valence-corrected chi connectivity index (χ3v) is 5.09. The van der Waals surface area contributed by atoms with Crippen molar-refractivity contribution in [3.63, 3.8) is 0 Å². The van der Waals surface area contributed by atoms with Crippen LogP contribution in [0.5, 0.6) is 0 Å². The van der Waals surface area contributed by atoms with Crippen LogP contribution in [-0.2, 0) is 10.0 Å². The molecule has 6 nitrogen and oxygen atoms in total. The quantitative estimate of drug-likeness (QED) is 0.805. The summed E-state index contributed by atoms with van der Waals surface area (Å²) >= 11 is 1.08. The molecule has 0 aliphatic heterocycles. The number of amides is 1. The number of aromatic nitrogens is 1. The molecule has 0 radical (unpaired) electrons. The van der Waals surface area contributed by atoms with Gasteiger partial charge in [-0.05, 0) is 13.3 Å². The maximum Gasteiger partial charge on any atom is 0.263 e. The highest BCUT2D eigenvalue weighted by Gasteiger charge is 2.21. The van der Waals surface area contributed by atoms with Crippen LogP contribution in [0.2, 0.25) is 0 Å². The highest BCUT2D eigenvalue weighted by molar-refractivity contribution is 7.92. The second-order valence-electron chi connectivity index (χ2n) is 4.25. The van der Waals surface area contributed by atoms with Crippen LogP contribution >= 0.6 is 11.3 Å². The summed E-state index contributed by atoms with van der Waals surface area (Å²) in [4.78, 5) is 16.5. The number of nitrogens with one attached hydrogen (secondary N) is 1. The Labute approximate surface area is 117 Å². The Balaban J connectivity index is 2.88. The zero-order chi connectivity index (χ0) is 14.6. The summed E-state index contributed by atoms with van der Waals surface area (Å²) in [5.74, 6) is -0.198. The van der Waals surface area contributed by atoms with Crippen molar-refractivity contribution in [3.05, 3.63) is 10.6 Å². The lowest BCUT2D eigenvalue weighted by atomic mass is 10.3. The zero-order valence-corrected chi connectivity index (χ0v) is 13.2. The van der Waals surface area contributed by atoms with Gasteiger partial charge in [0.2, 0.25) is 10.0 Å². The summed E-state index contributed by atoms with van der Waals surface area (Å²) in [5.41, 5.74) is 0.546. The van der Waals surface area contributed by atoms with Crippen molar-refractivity contribution in [3.8, 4) is 0 Å². The highest BCUT2D eigenvalue weighted by atomic mass is 32.2. The Bertz CT molecular complexity index is 552. The zero-order valence-electron chi connectivity index (χ0n) is 11.6. The van der Waals surface area contributed by atoms with Gasteiger partial charge < -0.3 is 5.32 Å². The van der Waals surface area contributed by atoms with E-state index in [1.165, 1.54) is 7.05 Å². The van der Waals surface area contributed by atoms with Gasteiger partial charge in [0.15, 0.2) is 5.13 Å². The van der Waals surface area contributed by atoms with Gasteiger partial charge in [0.05, 0.1) is 11.9 Å². The number of carbonyl (C=O) groups is 1. The van der Waals surface area contributed by atoms with Crippen molar-refractivity contribution >= 4 is 32.4 Å². The molecule has 0 atom stereocenters. The first-order valence-corrected chi connectivity index (χ1v) is 8.63. The first-order chi connectivity index (χ1) is 8.77. The molecule has 8 heteroatoms. The van der Waals surface area contributed by atoms with Crippen molar-refractivity contribution in [1.29, 1.82) is 0 Å². The Morgan fingerprint density at radius 3 is 2.63 bits per heavy atom. The molecule has 1 rings (SSSR count). The minimum absolute atomic E-state index is 0.198. The van der Waals surface area contributed by atoms with E-state index in [-0.39, 0.29) is 5.91 Å². The van der Waals surface area contributed by atoms with Crippen LogP contribution in [0.15, 0.2) is 0 Å². The monoisotopic (exact) mass is 305 g/mol. The topological polar surface area (TPSA) is 79.4 Å². The van der Waals surface area contributed by atoms with Crippen LogP contribution in [-0.4, -0.2) is 39.2 Å². The molecule has 1 N–H and O–H groups in total. The van der Waals surface area contributed by atoms with E-state index in [9.17, 15) is 13.2 Å². The number of sulfonamides is 1. The van der Waals surface area contributed by atoms with Crippen molar-refractivity contribution in [2.24, 2.45) is 0 Å². The molecule has 0 saturated heterocycles. The van der Waals surface area contributed by atoms with Gasteiger partial charge in [0.25, 0.3) is 5.91 Å². The fourth-order valence-corrected chi connectivity index (χ4v) is 3.02. The van der Waals surface area contributed by atoms with Gasteiger partial charge in [-0.2, -0.15) is 0 Å². The van der Waals surface area contributed by atoms with E-state index in [2.05, 4.69) is 10.3 Å². The van der Waals surface area contributed by atoms with E-state index in [0.29, 0.717) is 22.2 Å². The lowest BCUT2D eigenvalue weighted by Crippen LogP contribution is -2.24. The van der Waals surface area contributed by atoms with Gasteiger partial charge in [-0.3, -0.25) is 4.79 Å². The Morgan fingerprint density at radius 1 is 1.47 bits per heavy atom. The maximum absolute atomic E-state index is 11.9. The largest absolute Gasteiger partial charge is 0.351 e. The number of anilines is 1. The molecule has 1 aromatic rings. The van der Waals surface area contributed by atoms with Crippen LogP contribution in [0.1, 0.15) is 35.1 Å². The lowest BCUT2D eigenvalue weighted by molar-refractivity contribution is 0.0956. The summed E-state index contributed by atoms with van der Waals surface area (Å²) in [6.07, 6.45) is 3.02. The van der Waals surface area contributed by atoms with Gasteiger partial charge in [0, 0.05) is 13.6 Å². The molecular formula is C11H19N3O3S2. The highest BCUT2D eigenvalue weighted by Crippen LogP contribution is 2.26. The minimum Gasteiger partial charge on any atom is -0.351 e. The Kier molecular flexibility index (Phi) is 5.30. The smallest absolute Gasteiger partial charge is 0.263 e. The number of hydrogen-bond acceptors (Lipinski definition) is 5. The van der Waals surface area contributed by atoms with Gasteiger partial charge in [-0.25, -0.2) is 17.7 Å². The lowest BCUT2D eigenvalue weighted by Gasteiger charge is -2.11. The number of hydrogen-bond donors (Lipinski definition) is 1. The number of carbonyl (C=O) groups excluding carboxylic acids is 1. The number of rotatable bonds is 6. The third-order valence-electron chi connectivity index (χ3n) is 2.57. The molecule has 0 saturated carbocycles. The summed E-state index contributed by atoms with van der Waals surface area (Å²) in [5, 5.41) is 3.10. The van der Waals surface area contributed by atoms with Crippen LogP contribution in [0.25, 0.3) is 0 Å². The van der Waals surface area contributed by atoms with Crippen molar-refractivity contribution < 1.29 is 13.2 Å². The summed E-state index contributed by atoms with van der Waals surface area (Å²) in [6, 6.07) is 0. The molecule has 1 heterocycles. The molecule has 0 fully saturated rings. The molecule has 0 aliphatic rings. The van der Waals surface area contributed by atoms with E-state index in [1.807, 2.05) is 6.92 Å². The number of unbranched alkanes of at least 4 members (excludes halogenated alkanes) is 1. The predicted molar refractivity (Wildman–Crippen MR) is 77.3 cm³/mol. The van der Waals surface area contributed by atoms with Crippen molar-refractivity contribution in [2.45, 2.75) is 26.7 Å². The average Bonchev–Trinajstić information content (AvgIpc) is 2.69. The SMILES string of the molecule is CCCCNC(=O)c1sc(N(C)S(C)(=O)=O)nc1C. The first kappa shape index (κ1) is 15.9. The van der Waals surface area contributed by atoms with E-state index >= 15 is 0 Å². The minimum atomic E-state index is -3.36. The maximum atomic E-state index is 11.9. The standard InChI is InChI=1S/C11H19N3O3S2/c1-5-6-7-12-10(15)9-8(2)13-11(18-9)14(3)19(4,16)17/h5-7H2,1-4H3,(H,12,15). The van der Waals surface area contributed by atoms with Crippen molar-refractivity contribution in [1.82, 2.24) is 10.3 Å². The number of nitrogens with zero attached hydrogens (tertiary/aromatic N) is 2.